The number of ketones is 1. The van der Waals surface area contributed by atoms with Crippen LogP contribution in [0, 0.1) is 11.3 Å². The first-order valence-electron chi connectivity index (χ1n) is 6.30. The topological polar surface area (TPSA) is 87.4 Å². The molecule has 0 saturated carbocycles. The number of carboxylic acids is 1. The molecule has 0 heterocycles. The number of carboxylic acid groups (broad SMARTS) is 1. The minimum atomic E-state index is -1.17. The molecule has 2 aromatic rings. The molecule has 2 rings (SSSR count). The maximum atomic E-state index is 12.6. The molecule has 0 fully saturated rings. The Hall–Kier alpha value is -2.55. The SMILES string of the molecule is N#Cc1cc(Cl)cc(C(=O)c2cc(Cl)ccc2OCC(=O)O)c1. The van der Waals surface area contributed by atoms with E-state index in [1.165, 1.54) is 36.4 Å². The number of rotatable bonds is 5. The summed E-state index contributed by atoms with van der Waals surface area (Å²) in [4.78, 5) is 23.3. The molecule has 0 unspecified atom stereocenters. The predicted octanol–water partition coefficient (Wildman–Crippen LogP) is 3.56. The summed E-state index contributed by atoms with van der Waals surface area (Å²) in [6.45, 7) is -0.596. The van der Waals surface area contributed by atoms with Crippen LogP contribution in [0.15, 0.2) is 36.4 Å². The Bertz CT molecular complexity index is 827. The smallest absolute Gasteiger partial charge is 0.341 e. The Balaban J connectivity index is 2.46. The Labute approximate surface area is 141 Å². The molecule has 7 heteroatoms. The van der Waals surface area contributed by atoms with Crippen LogP contribution in [0.3, 0.4) is 0 Å². The van der Waals surface area contributed by atoms with Crippen molar-refractivity contribution in [2.45, 2.75) is 0 Å². The van der Waals surface area contributed by atoms with E-state index in [0.29, 0.717) is 5.02 Å². The number of hydrogen-bond donors (Lipinski definition) is 1. The molecule has 0 aromatic heterocycles. The van der Waals surface area contributed by atoms with Gasteiger partial charge in [-0.2, -0.15) is 5.26 Å². The van der Waals surface area contributed by atoms with Crippen LogP contribution in [0.2, 0.25) is 10.0 Å². The van der Waals surface area contributed by atoms with E-state index in [0.717, 1.165) is 0 Å². The van der Waals surface area contributed by atoms with E-state index in [2.05, 4.69) is 0 Å². The van der Waals surface area contributed by atoms with E-state index in [1.807, 2.05) is 6.07 Å². The Morgan fingerprint density at radius 1 is 1.13 bits per heavy atom. The van der Waals surface area contributed by atoms with E-state index in [9.17, 15) is 9.59 Å². The summed E-state index contributed by atoms with van der Waals surface area (Å²) in [6.07, 6.45) is 0. The molecule has 116 valence electrons. The maximum absolute atomic E-state index is 12.6. The zero-order valence-corrected chi connectivity index (χ0v) is 13.1. The Morgan fingerprint density at radius 2 is 1.87 bits per heavy atom. The molecule has 0 amide bonds. The van der Waals surface area contributed by atoms with Crippen molar-refractivity contribution >= 4 is 35.0 Å². The average molecular weight is 350 g/mol. The fourth-order valence-electron chi connectivity index (χ4n) is 1.89. The molecule has 0 spiro atoms. The van der Waals surface area contributed by atoms with Gasteiger partial charge in [0.1, 0.15) is 5.75 Å². The predicted molar refractivity (Wildman–Crippen MR) is 84.2 cm³/mol. The summed E-state index contributed by atoms with van der Waals surface area (Å²) < 4.78 is 5.11. The molecule has 0 saturated heterocycles. The summed E-state index contributed by atoms with van der Waals surface area (Å²) in [5, 5.41) is 18.2. The van der Waals surface area contributed by atoms with Crippen LogP contribution in [0.1, 0.15) is 21.5 Å². The number of aliphatic carboxylic acids is 1. The van der Waals surface area contributed by atoms with Gasteiger partial charge in [0.15, 0.2) is 12.4 Å². The fraction of sp³-hybridized carbons (Fsp3) is 0.0625. The molecular weight excluding hydrogens is 341 g/mol. The average Bonchev–Trinajstić information content (AvgIpc) is 2.52. The molecule has 0 aliphatic heterocycles. The molecule has 5 nitrogen and oxygen atoms in total. The van der Waals surface area contributed by atoms with Gasteiger partial charge in [-0.3, -0.25) is 4.79 Å². The number of nitriles is 1. The lowest BCUT2D eigenvalue weighted by Gasteiger charge is -2.10. The van der Waals surface area contributed by atoms with E-state index in [-0.39, 0.29) is 27.5 Å². The lowest BCUT2D eigenvalue weighted by molar-refractivity contribution is -0.139. The van der Waals surface area contributed by atoms with Gasteiger partial charge in [-0.25, -0.2) is 4.79 Å². The Morgan fingerprint density at radius 3 is 2.52 bits per heavy atom. The van der Waals surface area contributed by atoms with Crippen LogP contribution in [0.25, 0.3) is 0 Å². The molecule has 0 bridgehead atoms. The first kappa shape index (κ1) is 16.8. The van der Waals surface area contributed by atoms with E-state index < -0.39 is 18.4 Å². The molecule has 0 atom stereocenters. The zero-order valence-electron chi connectivity index (χ0n) is 11.5. The molecule has 0 aliphatic rings. The summed E-state index contributed by atoms with van der Waals surface area (Å²) in [5.41, 5.74) is 0.497. The highest BCUT2D eigenvalue weighted by Gasteiger charge is 2.17. The van der Waals surface area contributed by atoms with Gasteiger partial charge in [-0.1, -0.05) is 23.2 Å². The van der Waals surface area contributed by atoms with E-state index >= 15 is 0 Å². The van der Waals surface area contributed by atoms with Gasteiger partial charge in [0.05, 0.1) is 17.2 Å². The van der Waals surface area contributed by atoms with Crippen molar-refractivity contribution in [3.8, 4) is 11.8 Å². The number of halogens is 2. The van der Waals surface area contributed by atoms with Crippen LogP contribution >= 0.6 is 23.2 Å². The van der Waals surface area contributed by atoms with Crippen molar-refractivity contribution in [1.82, 2.24) is 0 Å². The minimum absolute atomic E-state index is 0.0836. The van der Waals surface area contributed by atoms with E-state index in [4.69, 9.17) is 38.3 Å². The largest absolute Gasteiger partial charge is 0.481 e. The molecule has 23 heavy (non-hydrogen) atoms. The highest BCUT2D eigenvalue weighted by atomic mass is 35.5. The lowest BCUT2D eigenvalue weighted by atomic mass is 10.0. The number of benzene rings is 2. The second-order valence-corrected chi connectivity index (χ2v) is 5.37. The maximum Gasteiger partial charge on any atom is 0.341 e. The Kier molecular flexibility index (Phi) is 5.22. The second-order valence-electron chi connectivity index (χ2n) is 4.49. The van der Waals surface area contributed by atoms with Crippen LogP contribution in [-0.4, -0.2) is 23.5 Å². The third-order valence-electron chi connectivity index (χ3n) is 2.83. The summed E-state index contributed by atoms with van der Waals surface area (Å²) in [6, 6.07) is 10.4. The van der Waals surface area contributed by atoms with Crippen LogP contribution < -0.4 is 4.74 Å². The number of ether oxygens (including phenoxy) is 1. The minimum Gasteiger partial charge on any atom is -0.481 e. The highest BCUT2D eigenvalue weighted by molar-refractivity contribution is 6.32. The molecule has 0 aliphatic carbocycles. The van der Waals surface area contributed by atoms with Gasteiger partial charge in [0, 0.05) is 15.6 Å². The van der Waals surface area contributed by atoms with Crippen LogP contribution in [-0.2, 0) is 4.79 Å². The quantitative estimate of drug-likeness (QED) is 0.833. The monoisotopic (exact) mass is 349 g/mol. The number of hydrogen-bond acceptors (Lipinski definition) is 4. The number of carbonyl (C=O) groups is 2. The van der Waals surface area contributed by atoms with Crippen molar-refractivity contribution in [2.24, 2.45) is 0 Å². The highest BCUT2D eigenvalue weighted by Crippen LogP contribution is 2.27. The summed E-state index contributed by atoms with van der Waals surface area (Å²) in [7, 11) is 0. The van der Waals surface area contributed by atoms with Crippen LogP contribution in [0.4, 0.5) is 0 Å². The van der Waals surface area contributed by atoms with Gasteiger partial charge < -0.3 is 9.84 Å². The van der Waals surface area contributed by atoms with E-state index in [1.54, 1.807) is 0 Å². The van der Waals surface area contributed by atoms with Gasteiger partial charge in [0.2, 0.25) is 0 Å². The normalized spacial score (nSPS) is 9.96. The first-order chi connectivity index (χ1) is 10.9. The summed E-state index contributed by atoms with van der Waals surface area (Å²) in [5.74, 6) is -1.57. The first-order valence-corrected chi connectivity index (χ1v) is 7.06. The van der Waals surface area contributed by atoms with Gasteiger partial charge in [0.25, 0.3) is 0 Å². The number of nitrogens with zero attached hydrogens (tertiary/aromatic N) is 1. The van der Waals surface area contributed by atoms with Gasteiger partial charge in [-0.15, -0.1) is 0 Å². The molecule has 1 N–H and O–H groups in total. The zero-order chi connectivity index (χ0) is 17.0. The molecule has 0 radical (unpaired) electrons. The van der Waals surface area contributed by atoms with Gasteiger partial charge >= 0.3 is 5.97 Å². The second kappa shape index (κ2) is 7.14. The van der Waals surface area contributed by atoms with Crippen molar-refractivity contribution in [3.05, 3.63) is 63.1 Å². The standard InChI is InChI=1S/C16H9Cl2NO4/c17-11-1-2-14(23-8-15(20)21)13(6-11)16(22)10-3-9(7-19)4-12(18)5-10/h1-6H,8H2,(H,20,21). The summed E-state index contributed by atoms with van der Waals surface area (Å²) >= 11 is 11.8. The van der Waals surface area contributed by atoms with Crippen molar-refractivity contribution in [3.63, 3.8) is 0 Å². The third-order valence-corrected chi connectivity index (χ3v) is 3.28. The fourth-order valence-corrected chi connectivity index (χ4v) is 2.29. The number of carbonyl (C=O) groups excluding carboxylic acids is 1. The third kappa shape index (κ3) is 4.22. The van der Waals surface area contributed by atoms with Crippen LogP contribution in [0.5, 0.6) is 5.75 Å². The van der Waals surface area contributed by atoms with Crippen molar-refractivity contribution in [1.29, 1.82) is 5.26 Å². The van der Waals surface area contributed by atoms with Gasteiger partial charge in [-0.05, 0) is 36.4 Å². The van der Waals surface area contributed by atoms with Crippen molar-refractivity contribution in [2.75, 3.05) is 6.61 Å². The lowest BCUT2D eigenvalue weighted by Crippen LogP contribution is -2.12. The molecule has 2 aromatic carbocycles. The van der Waals surface area contributed by atoms with Crippen molar-refractivity contribution < 1.29 is 19.4 Å². The molecular formula is C16H9Cl2NO4.